The fourth-order valence-electron chi connectivity index (χ4n) is 6.38. The van der Waals surface area contributed by atoms with Crippen LogP contribution in [0.25, 0.3) is 5.65 Å². The number of halogens is 1. The van der Waals surface area contributed by atoms with Gasteiger partial charge in [-0.3, -0.25) is 4.90 Å². The number of nitrogens with zero attached hydrogens (tertiary/aromatic N) is 5. The molecule has 0 radical (unpaired) electrons. The largest absolute Gasteiger partial charge is 0.385 e. The highest BCUT2D eigenvalue weighted by Gasteiger charge is 2.44. The molecule has 7 rings (SSSR count). The first-order valence-electron chi connectivity index (χ1n) is 14.0. The molecule has 3 fully saturated rings. The monoisotopic (exact) mass is 559 g/mol. The molecule has 0 amide bonds. The Morgan fingerprint density at radius 3 is 2.38 bits per heavy atom. The second-order valence-corrected chi connectivity index (χ2v) is 12.0. The first-order valence-corrected chi connectivity index (χ1v) is 14.4. The van der Waals surface area contributed by atoms with E-state index in [0.29, 0.717) is 42.3 Å². The van der Waals surface area contributed by atoms with Gasteiger partial charge in [0.15, 0.2) is 5.65 Å². The van der Waals surface area contributed by atoms with Crippen molar-refractivity contribution in [2.24, 2.45) is 5.41 Å². The number of rotatable bonds is 6. The summed E-state index contributed by atoms with van der Waals surface area (Å²) < 4.78 is 1.79. The number of anilines is 3. The fourth-order valence-corrected chi connectivity index (χ4v) is 6.51. The van der Waals surface area contributed by atoms with Gasteiger partial charge in [0.05, 0.1) is 11.3 Å². The van der Waals surface area contributed by atoms with Gasteiger partial charge in [0.2, 0.25) is 5.95 Å². The van der Waals surface area contributed by atoms with Crippen LogP contribution in [0.1, 0.15) is 36.6 Å². The molecule has 3 saturated heterocycles. The van der Waals surface area contributed by atoms with Crippen molar-refractivity contribution in [2.45, 2.75) is 31.1 Å². The van der Waals surface area contributed by atoms with E-state index in [1.807, 2.05) is 60.8 Å². The predicted molar refractivity (Wildman–Crippen MR) is 156 cm³/mol. The zero-order valence-corrected chi connectivity index (χ0v) is 23.1. The van der Waals surface area contributed by atoms with Gasteiger partial charge < -0.3 is 25.7 Å². The molecule has 9 nitrogen and oxygen atoms in total. The predicted octanol–water partition coefficient (Wildman–Crippen LogP) is 3.90. The normalized spacial score (nSPS) is 21.0. The van der Waals surface area contributed by atoms with Gasteiger partial charge >= 0.3 is 0 Å². The molecule has 4 aromatic rings. The molecule has 1 spiro atoms. The zero-order chi connectivity index (χ0) is 27.3. The summed E-state index contributed by atoms with van der Waals surface area (Å²) in [7, 11) is 0. The van der Waals surface area contributed by atoms with E-state index in [0.717, 1.165) is 60.7 Å². The van der Waals surface area contributed by atoms with Crippen molar-refractivity contribution >= 4 is 34.6 Å². The summed E-state index contributed by atoms with van der Waals surface area (Å²) in [6, 6.07) is 19.4. The third-order valence-electron chi connectivity index (χ3n) is 8.93. The van der Waals surface area contributed by atoms with Gasteiger partial charge in [0, 0.05) is 61.6 Å². The summed E-state index contributed by atoms with van der Waals surface area (Å²) in [5.74, 6) is 0.509. The number of likely N-dealkylation sites (tertiary alicyclic amines) is 1. The van der Waals surface area contributed by atoms with E-state index in [2.05, 4.69) is 31.6 Å². The summed E-state index contributed by atoms with van der Waals surface area (Å²) >= 11 is 6.04. The van der Waals surface area contributed by atoms with Crippen LogP contribution in [0.3, 0.4) is 0 Å². The standard InChI is InChI=1S/C30H34ClN7O2/c31-23-7-5-22(6-8-23)30(40)12-16-36(17-13-30)25-2-1-14-38-26(25)34-28(35-38)33-24-9-3-21(4-10-24)27(39)37-15-11-29(20-37)18-32-19-29/h1-10,14,27,32,39-40H,11-13,15-20H2,(H,33,35). The van der Waals surface area contributed by atoms with Crippen LogP contribution in [0.15, 0.2) is 66.9 Å². The Kier molecular flexibility index (Phi) is 6.44. The van der Waals surface area contributed by atoms with Crippen molar-refractivity contribution in [1.29, 1.82) is 0 Å². The molecule has 2 aromatic carbocycles. The highest BCUT2D eigenvalue weighted by molar-refractivity contribution is 6.30. The maximum atomic E-state index is 11.3. The van der Waals surface area contributed by atoms with Gasteiger partial charge in [-0.25, -0.2) is 4.52 Å². The Balaban J connectivity index is 1.03. The number of fused-ring (bicyclic) bond motifs is 1. The number of aliphatic hydroxyl groups is 2. The van der Waals surface area contributed by atoms with Gasteiger partial charge in [-0.2, -0.15) is 4.98 Å². The van der Waals surface area contributed by atoms with Crippen molar-refractivity contribution in [3.05, 3.63) is 83.0 Å². The molecule has 1 atom stereocenters. The van der Waals surface area contributed by atoms with Crippen LogP contribution in [0.4, 0.5) is 17.3 Å². The van der Waals surface area contributed by atoms with Crippen molar-refractivity contribution in [1.82, 2.24) is 24.8 Å². The molecule has 40 heavy (non-hydrogen) atoms. The molecule has 1 unspecified atom stereocenters. The minimum Gasteiger partial charge on any atom is -0.385 e. The number of pyridine rings is 1. The molecule has 3 aliphatic rings. The number of nitrogens with one attached hydrogen (secondary N) is 2. The molecule has 3 aliphatic heterocycles. The maximum absolute atomic E-state index is 11.3. The molecule has 4 N–H and O–H groups in total. The van der Waals surface area contributed by atoms with Crippen LogP contribution in [0.5, 0.6) is 0 Å². The smallest absolute Gasteiger partial charge is 0.247 e. The lowest BCUT2D eigenvalue weighted by atomic mass is 9.81. The molecule has 2 aromatic heterocycles. The second-order valence-electron chi connectivity index (χ2n) is 11.6. The molecule has 0 saturated carbocycles. The number of aliphatic hydroxyl groups excluding tert-OH is 1. The third kappa shape index (κ3) is 4.71. The quantitative estimate of drug-likeness (QED) is 0.282. The van der Waals surface area contributed by atoms with E-state index in [-0.39, 0.29) is 0 Å². The molecular formula is C30H34ClN7O2. The minimum absolute atomic E-state index is 0.349. The molecule has 5 heterocycles. The molecule has 208 valence electrons. The van der Waals surface area contributed by atoms with E-state index in [4.69, 9.17) is 16.6 Å². The number of aromatic nitrogens is 3. The van der Waals surface area contributed by atoms with Crippen LogP contribution in [0, 0.1) is 5.41 Å². The topological polar surface area (TPSA) is 101 Å². The van der Waals surface area contributed by atoms with E-state index >= 15 is 0 Å². The second kappa shape index (κ2) is 10.0. The Labute approximate surface area is 238 Å². The first-order chi connectivity index (χ1) is 19.4. The van der Waals surface area contributed by atoms with Gasteiger partial charge in [0.1, 0.15) is 6.23 Å². The summed E-state index contributed by atoms with van der Waals surface area (Å²) in [5, 5.41) is 34.2. The number of hydrogen-bond acceptors (Lipinski definition) is 8. The average molecular weight is 560 g/mol. The van der Waals surface area contributed by atoms with E-state index in [9.17, 15) is 10.2 Å². The maximum Gasteiger partial charge on any atom is 0.247 e. The highest BCUT2D eigenvalue weighted by Crippen LogP contribution is 2.38. The molecule has 0 aliphatic carbocycles. The Morgan fingerprint density at radius 1 is 0.950 bits per heavy atom. The van der Waals surface area contributed by atoms with Gasteiger partial charge in [-0.15, -0.1) is 5.10 Å². The first kappa shape index (κ1) is 25.7. The van der Waals surface area contributed by atoms with Gasteiger partial charge in [-0.1, -0.05) is 35.9 Å². The minimum atomic E-state index is -0.864. The summed E-state index contributed by atoms with van der Waals surface area (Å²) in [4.78, 5) is 9.23. The Hall–Kier alpha value is -3.21. The fraction of sp³-hybridized carbons (Fsp3) is 0.400. The highest BCUT2D eigenvalue weighted by atomic mass is 35.5. The van der Waals surface area contributed by atoms with Crippen molar-refractivity contribution in [2.75, 3.05) is 49.5 Å². The van der Waals surface area contributed by atoms with Crippen LogP contribution < -0.4 is 15.5 Å². The van der Waals surface area contributed by atoms with Crippen LogP contribution in [-0.2, 0) is 5.60 Å². The van der Waals surface area contributed by atoms with Crippen LogP contribution in [-0.4, -0.2) is 69.0 Å². The van der Waals surface area contributed by atoms with Crippen molar-refractivity contribution in [3.63, 3.8) is 0 Å². The lowest BCUT2D eigenvalue weighted by Gasteiger charge is -2.39. The lowest BCUT2D eigenvalue weighted by molar-refractivity contribution is 0.00573. The lowest BCUT2D eigenvalue weighted by Crippen LogP contribution is -2.54. The summed E-state index contributed by atoms with van der Waals surface area (Å²) in [6.07, 6.45) is 3.67. The molecule has 10 heteroatoms. The average Bonchev–Trinajstić information content (AvgIpc) is 3.59. The van der Waals surface area contributed by atoms with Crippen molar-refractivity contribution in [3.8, 4) is 0 Å². The number of hydrogen-bond donors (Lipinski definition) is 4. The molecular weight excluding hydrogens is 526 g/mol. The Morgan fingerprint density at radius 2 is 1.70 bits per heavy atom. The van der Waals surface area contributed by atoms with E-state index in [1.165, 1.54) is 0 Å². The number of piperidine rings is 1. The Bertz CT molecular complexity index is 1500. The third-order valence-corrected chi connectivity index (χ3v) is 9.19. The SMILES string of the molecule is OC(c1ccc(Nc2nc3c(N4CCC(O)(c5ccc(Cl)cc5)CC4)cccn3n2)cc1)N1CCC2(CNC2)C1. The zero-order valence-electron chi connectivity index (χ0n) is 22.3. The summed E-state index contributed by atoms with van der Waals surface area (Å²) in [5.41, 5.74) is 3.90. The van der Waals surface area contributed by atoms with Gasteiger partial charge in [0.25, 0.3) is 0 Å². The summed E-state index contributed by atoms with van der Waals surface area (Å²) in [6.45, 7) is 5.37. The van der Waals surface area contributed by atoms with E-state index < -0.39 is 11.8 Å². The van der Waals surface area contributed by atoms with E-state index in [1.54, 1.807) is 4.52 Å². The molecule has 0 bridgehead atoms. The van der Waals surface area contributed by atoms with Crippen LogP contribution in [0.2, 0.25) is 5.02 Å². The number of benzene rings is 2. The van der Waals surface area contributed by atoms with Crippen LogP contribution >= 0.6 is 11.6 Å². The van der Waals surface area contributed by atoms with Gasteiger partial charge in [-0.05, 0) is 66.8 Å². The van der Waals surface area contributed by atoms with Crippen molar-refractivity contribution < 1.29 is 10.2 Å².